The van der Waals surface area contributed by atoms with E-state index < -0.39 is 6.04 Å². The highest BCUT2D eigenvalue weighted by molar-refractivity contribution is 5.94. The number of aromatic nitrogens is 2. The fraction of sp³-hybridized carbons (Fsp3) is 0.375. The summed E-state index contributed by atoms with van der Waals surface area (Å²) in [4.78, 5) is 12.3. The number of hydrogen-bond acceptors (Lipinski definition) is 3. The summed E-state index contributed by atoms with van der Waals surface area (Å²) >= 11 is 0. The molecule has 0 unspecified atom stereocenters. The van der Waals surface area contributed by atoms with Crippen molar-refractivity contribution in [2.24, 2.45) is 0 Å². The quantitative estimate of drug-likeness (QED) is 0.850. The number of phenols is 1. The number of aryl methyl sites for hydroxylation is 3. The van der Waals surface area contributed by atoms with Crippen LogP contribution in [0.4, 0.5) is 5.69 Å². The zero-order chi connectivity index (χ0) is 15.6. The van der Waals surface area contributed by atoms with E-state index >= 15 is 0 Å². The smallest absolute Gasteiger partial charge is 0.249 e. The number of carbonyl (C=O) groups excluding carboxylic acids is 1. The van der Waals surface area contributed by atoms with Gasteiger partial charge < -0.3 is 10.4 Å². The second kappa shape index (κ2) is 5.99. The Morgan fingerprint density at radius 3 is 2.67 bits per heavy atom. The summed E-state index contributed by atoms with van der Waals surface area (Å²) in [6, 6.07) is 6.72. The second-order valence-electron chi connectivity index (χ2n) is 5.24. The van der Waals surface area contributed by atoms with Gasteiger partial charge in [0.2, 0.25) is 5.91 Å². The van der Waals surface area contributed by atoms with Gasteiger partial charge in [0.25, 0.3) is 0 Å². The predicted molar refractivity (Wildman–Crippen MR) is 82.5 cm³/mol. The molecule has 5 heteroatoms. The Balaban J connectivity index is 2.19. The normalized spacial score (nSPS) is 12.2. The van der Waals surface area contributed by atoms with Crippen LogP contribution in [0.25, 0.3) is 0 Å². The van der Waals surface area contributed by atoms with E-state index in [9.17, 15) is 9.90 Å². The molecule has 0 aliphatic carbocycles. The highest BCUT2D eigenvalue weighted by Gasteiger charge is 2.19. The van der Waals surface area contributed by atoms with E-state index in [4.69, 9.17) is 0 Å². The maximum absolute atomic E-state index is 12.3. The van der Waals surface area contributed by atoms with Crippen molar-refractivity contribution in [1.29, 1.82) is 0 Å². The van der Waals surface area contributed by atoms with Crippen molar-refractivity contribution in [3.05, 3.63) is 41.2 Å². The first-order chi connectivity index (χ1) is 9.92. The van der Waals surface area contributed by atoms with E-state index in [1.54, 1.807) is 23.7 Å². The fourth-order valence-corrected chi connectivity index (χ4v) is 2.29. The highest BCUT2D eigenvalue weighted by atomic mass is 16.3. The molecule has 21 heavy (non-hydrogen) atoms. The van der Waals surface area contributed by atoms with Gasteiger partial charge in [-0.25, -0.2) is 0 Å². The van der Waals surface area contributed by atoms with Gasteiger partial charge in [-0.3, -0.25) is 9.48 Å². The summed E-state index contributed by atoms with van der Waals surface area (Å²) in [6.45, 7) is 7.62. The predicted octanol–water partition coefficient (Wildman–Crippen LogP) is 2.97. The van der Waals surface area contributed by atoms with E-state index in [0.29, 0.717) is 5.69 Å². The summed E-state index contributed by atoms with van der Waals surface area (Å²) in [5.41, 5.74) is 3.30. The maximum Gasteiger partial charge on any atom is 0.249 e. The van der Waals surface area contributed by atoms with Gasteiger partial charge in [-0.2, -0.15) is 5.10 Å². The Kier molecular flexibility index (Phi) is 4.31. The molecule has 0 fully saturated rings. The van der Waals surface area contributed by atoms with Crippen molar-refractivity contribution in [3.63, 3.8) is 0 Å². The van der Waals surface area contributed by atoms with Crippen LogP contribution in [0.2, 0.25) is 0 Å². The van der Waals surface area contributed by atoms with Crippen molar-refractivity contribution in [2.75, 3.05) is 5.32 Å². The zero-order valence-corrected chi connectivity index (χ0v) is 12.8. The molecule has 0 spiro atoms. The monoisotopic (exact) mass is 287 g/mol. The van der Waals surface area contributed by atoms with Gasteiger partial charge in [0.05, 0.1) is 11.4 Å². The molecule has 1 aromatic carbocycles. The van der Waals surface area contributed by atoms with Gasteiger partial charge in [0.1, 0.15) is 11.8 Å². The van der Waals surface area contributed by atoms with Crippen LogP contribution in [0.15, 0.2) is 24.3 Å². The van der Waals surface area contributed by atoms with Crippen molar-refractivity contribution in [1.82, 2.24) is 9.78 Å². The summed E-state index contributed by atoms with van der Waals surface area (Å²) < 4.78 is 1.69. The third kappa shape index (κ3) is 3.24. The summed E-state index contributed by atoms with van der Waals surface area (Å²) in [5, 5.41) is 16.9. The lowest BCUT2D eigenvalue weighted by molar-refractivity contribution is -0.119. The maximum atomic E-state index is 12.3. The number of carbonyl (C=O) groups is 1. The molecule has 0 saturated carbocycles. The molecule has 2 N–H and O–H groups in total. The van der Waals surface area contributed by atoms with E-state index in [0.717, 1.165) is 23.4 Å². The van der Waals surface area contributed by atoms with E-state index in [1.165, 1.54) is 0 Å². The Morgan fingerprint density at radius 1 is 1.38 bits per heavy atom. The number of amides is 1. The van der Waals surface area contributed by atoms with Crippen LogP contribution in [-0.2, 0) is 11.2 Å². The Bertz CT molecular complexity index is 662. The molecule has 2 aromatic rings. The van der Waals surface area contributed by atoms with Gasteiger partial charge in [-0.05, 0) is 51.0 Å². The average molecular weight is 287 g/mol. The molecular formula is C16H21N3O2. The van der Waals surface area contributed by atoms with Crippen LogP contribution in [0.5, 0.6) is 5.75 Å². The number of anilines is 1. The Morgan fingerprint density at radius 2 is 2.10 bits per heavy atom. The summed E-state index contributed by atoms with van der Waals surface area (Å²) in [5.74, 6) is -0.133. The third-order valence-electron chi connectivity index (χ3n) is 3.52. The molecule has 2 rings (SSSR count). The number of rotatable bonds is 4. The molecule has 0 bridgehead atoms. The van der Waals surface area contributed by atoms with Crippen molar-refractivity contribution in [2.45, 2.75) is 40.2 Å². The van der Waals surface area contributed by atoms with Crippen molar-refractivity contribution >= 4 is 11.6 Å². The molecule has 1 atom stereocenters. The Hall–Kier alpha value is -2.30. The third-order valence-corrected chi connectivity index (χ3v) is 3.52. The number of benzene rings is 1. The molecule has 0 radical (unpaired) electrons. The first-order valence-corrected chi connectivity index (χ1v) is 7.08. The van der Waals surface area contributed by atoms with Gasteiger partial charge >= 0.3 is 0 Å². The number of phenolic OH excluding ortho intramolecular Hbond substituents is 1. The van der Waals surface area contributed by atoms with Gasteiger partial charge in [0.15, 0.2) is 0 Å². The first-order valence-electron chi connectivity index (χ1n) is 7.08. The zero-order valence-electron chi connectivity index (χ0n) is 12.8. The number of hydrogen-bond donors (Lipinski definition) is 2. The fourth-order valence-electron chi connectivity index (χ4n) is 2.29. The number of nitrogens with zero attached hydrogens (tertiary/aromatic N) is 2. The van der Waals surface area contributed by atoms with Crippen LogP contribution in [0.1, 0.15) is 36.8 Å². The van der Waals surface area contributed by atoms with Crippen molar-refractivity contribution < 1.29 is 9.90 Å². The molecule has 0 saturated heterocycles. The van der Waals surface area contributed by atoms with Crippen LogP contribution in [0.3, 0.4) is 0 Å². The van der Waals surface area contributed by atoms with Crippen molar-refractivity contribution in [3.8, 4) is 5.75 Å². The van der Waals surface area contributed by atoms with E-state index in [-0.39, 0.29) is 11.7 Å². The standard InChI is InChI=1S/C16H21N3O2/c1-5-13-6-7-15(20)14(9-13)17-16(21)12(4)19-11(3)8-10(2)18-19/h6-9,12,20H,5H2,1-4H3,(H,17,21)/t12-/m1/s1. The lowest BCUT2D eigenvalue weighted by atomic mass is 10.1. The van der Waals surface area contributed by atoms with Crippen LogP contribution in [0, 0.1) is 13.8 Å². The first kappa shape index (κ1) is 15.1. The highest BCUT2D eigenvalue weighted by Crippen LogP contribution is 2.25. The van der Waals surface area contributed by atoms with Crippen LogP contribution >= 0.6 is 0 Å². The molecule has 1 aromatic heterocycles. The SMILES string of the molecule is CCc1ccc(O)c(NC(=O)[C@@H](C)n2nc(C)cc2C)c1. The van der Waals surface area contributed by atoms with Gasteiger partial charge in [0, 0.05) is 5.69 Å². The summed E-state index contributed by atoms with van der Waals surface area (Å²) in [6.07, 6.45) is 0.843. The molecule has 112 valence electrons. The van der Waals surface area contributed by atoms with Crippen LogP contribution in [-0.4, -0.2) is 20.8 Å². The van der Waals surface area contributed by atoms with Gasteiger partial charge in [-0.1, -0.05) is 13.0 Å². The molecule has 1 heterocycles. The van der Waals surface area contributed by atoms with E-state index in [1.807, 2.05) is 32.9 Å². The molecule has 1 amide bonds. The minimum Gasteiger partial charge on any atom is -0.506 e. The number of aromatic hydroxyl groups is 1. The minimum absolute atomic E-state index is 0.0705. The molecular weight excluding hydrogens is 266 g/mol. The second-order valence-corrected chi connectivity index (χ2v) is 5.24. The topological polar surface area (TPSA) is 67.2 Å². The average Bonchev–Trinajstić information content (AvgIpc) is 2.79. The molecule has 5 nitrogen and oxygen atoms in total. The lowest BCUT2D eigenvalue weighted by Crippen LogP contribution is -2.25. The van der Waals surface area contributed by atoms with Crippen LogP contribution < -0.4 is 5.32 Å². The largest absolute Gasteiger partial charge is 0.506 e. The molecule has 0 aliphatic rings. The minimum atomic E-state index is -0.441. The van der Waals surface area contributed by atoms with E-state index in [2.05, 4.69) is 10.4 Å². The Labute approximate surface area is 124 Å². The lowest BCUT2D eigenvalue weighted by Gasteiger charge is -2.15. The van der Waals surface area contributed by atoms with Gasteiger partial charge in [-0.15, -0.1) is 0 Å². The number of nitrogens with one attached hydrogen (secondary N) is 1. The molecule has 0 aliphatic heterocycles. The summed E-state index contributed by atoms with van der Waals surface area (Å²) in [7, 11) is 0.